The summed E-state index contributed by atoms with van der Waals surface area (Å²) >= 11 is 0. The molecular formula is C15H11N3O5. The van der Waals surface area contributed by atoms with Crippen molar-refractivity contribution in [3.63, 3.8) is 0 Å². The number of non-ortho nitro benzene ring substituents is 1. The fourth-order valence-electron chi connectivity index (χ4n) is 2.08. The van der Waals surface area contributed by atoms with Crippen LogP contribution in [0.1, 0.15) is 10.4 Å². The number of hydrogen-bond acceptors (Lipinski definition) is 6. The predicted molar refractivity (Wildman–Crippen MR) is 81.6 cm³/mol. The van der Waals surface area contributed by atoms with E-state index in [1.165, 1.54) is 37.8 Å². The fourth-order valence-corrected chi connectivity index (χ4v) is 2.08. The molecule has 0 aliphatic rings. The number of rotatable bonds is 4. The van der Waals surface area contributed by atoms with Gasteiger partial charge in [0, 0.05) is 23.6 Å². The number of hydrogen-bond donors (Lipinski definition) is 1. The molecule has 0 saturated heterocycles. The molecule has 3 rings (SSSR count). The van der Waals surface area contributed by atoms with Gasteiger partial charge in [-0.2, -0.15) is 0 Å². The summed E-state index contributed by atoms with van der Waals surface area (Å²) < 4.78 is 10.2. The smallest absolute Gasteiger partial charge is 0.270 e. The minimum atomic E-state index is -0.526. The lowest BCUT2D eigenvalue weighted by molar-refractivity contribution is -0.384. The number of carbonyl (C=O) groups excluding carboxylic acids is 1. The van der Waals surface area contributed by atoms with Crippen molar-refractivity contribution in [2.75, 3.05) is 12.4 Å². The van der Waals surface area contributed by atoms with Gasteiger partial charge in [0.25, 0.3) is 11.6 Å². The second-order valence-electron chi connectivity index (χ2n) is 4.63. The number of carbonyl (C=O) groups is 1. The van der Waals surface area contributed by atoms with Crippen molar-refractivity contribution in [1.82, 2.24) is 4.98 Å². The molecule has 0 spiro atoms. The van der Waals surface area contributed by atoms with Crippen molar-refractivity contribution < 1.29 is 18.9 Å². The molecule has 0 aliphatic heterocycles. The van der Waals surface area contributed by atoms with Crippen molar-refractivity contribution in [2.45, 2.75) is 0 Å². The zero-order chi connectivity index (χ0) is 16.4. The van der Waals surface area contributed by atoms with E-state index in [0.717, 1.165) is 0 Å². The van der Waals surface area contributed by atoms with Gasteiger partial charge in [0.05, 0.1) is 29.5 Å². The Hall–Kier alpha value is -3.42. The number of methoxy groups -OCH3 is 1. The van der Waals surface area contributed by atoms with Crippen molar-refractivity contribution in [2.24, 2.45) is 0 Å². The van der Waals surface area contributed by atoms with Crippen LogP contribution in [0.15, 0.2) is 47.2 Å². The second-order valence-corrected chi connectivity index (χ2v) is 4.63. The van der Waals surface area contributed by atoms with E-state index in [9.17, 15) is 14.9 Å². The van der Waals surface area contributed by atoms with E-state index in [4.69, 9.17) is 9.15 Å². The topological polar surface area (TPSA) is 108 Å². The van der Waals surface area contributed by atoms with E-state index in [0.29, 0.717) is 22.5 Å². The molecule has 0 aliphatic carbocycles. The van der Waals surface area contributed by atoms with Crippen molar-refractivity contribution in [3.05, 3.63) is 58.5 Å². The molecule has 8 nitrogen and oxygen atoms in total. The number of nitrogens with zero attached hydrogens (tertiary/aromatic N) is 2. The highest BCUT2D eigenvalue weighted by atomic mass is 16.6. The lowest BCUT2D eigenvalue weighted by atomic mass is 10.1. The number of nitrogens with one attached hydrogen (secondary N) is 1. The SMILES string of the molecule is COc1ccc(NC(=O)c2coc3ccc([N+](=O)[O-])cc23)cn1. The summed E-state index contributed by atoms with van der Waals surface area (Å²) in [4.78, 5) is 26.6. The molecule has 0 fully saturated rings. The lowest BCUT2D eigenvalue weighted by Gasteiger charge is -2.04. The summed E-state index contributed by atoms with van der Waals surface area (Å²) in [5, 5.41) is 13.9. The number of furan rings is 1. The van der Waals surface area contributed by atoms with Gasteiger partial charge < -0.3 is 14.5 Å². The number of nitro benzene ring substituents is 1. The third-order valence-electron chi connectivity index (χ3n) is 3.22. The summed E-state index contributed by atoms with van der Waals surface area (Å²) in [6, 6.07) is 7.32. The van der Waals surface area contributed by atoms with Gasteiger partial charge in [-0.3, -0.25) is 14.9 Å². The van der Waals surface area contributed by atoms with Crippen molar-refractivity contribution in [3.8, 4) is 5.88 Å². The highest BCUT2D eigenvalue weighted by Crippen LogP contribution is 2.26. The maximum absolute atomic E-state index is 12.3. The molecule has 0 unspecified atom stereocenters. The van der Waals surface area contributed by atoms with Crippen LogP contribution in [-0.2, 0) is 0 Å². The summed E-state index contributed by atoms with van der Waals surface area (Å²) in [6.07, 6.45) is 2.71. The minimum absolute atomic E-state index is 0.112. The molecule has 23 heavy (non-hydrogen) atoms. The number of ether oxygens (including phenoxy) is 1. The Morgan fingerprint density at radius 3 is 2.83 bits per heavy atom. The van der Waals surface area contributed by atoms with Gasteiger partial charge in [-0.15, -0.1) is 0 Å². The predicted octanol–water partition coefficient (Wildman–Crippen LogP) is 3.00. The first-order valence-corrected chi connectivity index (χ1v) is 6.55. The molecule has 8 heteroatoms. The Balaban J connectivity index is 1.90. The standard InChI is InChI=1S/C15H11N3O5/c1-22-14-5-2-9(7-16-14)17-15(19)12-8-23-13-4-3-10(18(20)21)6-11(12)13/h2-8H,1H3,(H,17,19). The summed E-state index contributed by atoms with van der Waals surface area (Å²) in [5.41, 5.74) is 0.961. The quantitative estimate of drug-likeness (QED) is 0.586. The Labute approximate surface area is 129 Å². The van der Waals surface area contributed by atoms with Gasteiger partial charge in [0.1, 0.15) is 11.8 Å². The monoisotopic (exact) mass is 313 g/mol. The van der Waals surface area contributed by atoms with Gasteiger partial charge >= 0.3 is 0 Å². The Morgan fingerprint density at radius 2 is 2.17 bits per heavy atom. The zero-order valence-corrected chi connectivity index (χ0v) is 12.0. The number of benzene rings is 1. The molecule has 116 valence electrons. The largest absolute Gasteiger partial charge is 0.481 e. The van der Waals surface area contributed by atoms with Crippen LogP contribution >= 0.6 is 0 Å². The van der Waals surface area contributed by atoms with Gasteiger partial charge in [-0.25, -0.2) is 4.98 Å². The molecule has 3 aromatic rings. The molecule has 0 radical (unpaired) electrons. The van der Waals surface area contributed by atoms with Crippen LogP contribution in [0.3, 0.4) is 0 Å². The van der Waals surface area contributed by atoms with Gasteiger partial charge in [-0.1, -0.05) is 0 Å². The highest BCUT2D eigenvalue weighted by Gasteiger charge is 2.17. The molecule has 0 bridgehead atoms. The molecule has 1 N–H and O–H groups in total. The third-order valence-corrected chi connectivity index (χ3v) is 3.22. The maximum atomic E-state index is 12.3. The number of amides is 1. The van der Waals surface area contributed by atoms with Gasteiger partial charge in [0.15, 0.2) is 0 Å². The molecule has 0 saturated carbocycles. The summed E-state index contributed by atoms with van der Waals surface area (Å²) in [6.45, 7) is 0. The zero-order valence-electron chi connectivity index (χ0n) is 12.0. The average Bonchev–Trinajstić information content (AvgIpc) is 2.98. The first-order valence-electron chi connectivity index (χ1n) is 6.55. The number of aromatic nitrogens is 1. The van der Waals surface area contributed by atoms with Crippen LogP contribution in [-0.4, -0.2) is 22.9 Å². The van der Waals surface area contributed by atoms with Gasteiger partial charge in [-0.05, 0) is 12.1 Å². The van der Waals surface area contributed by atoms with Crippen molar-refractivity contribution in [1.29, 1.82) is 0 Å². The van der Waals surface area contributed by atoms with Gasteiger partial charge in [0.2, 0.25) is 5.88 Å². The average molecular weight is 313 g/mol. The van der Waals surface area contributed by atoms with E-state index in [2.05, 4.69) is 10.3 Å². The van der Waals surface area contributed by atoms with Crippen LogP contribution in [0, 0.1) is 10.1 Å². The molecule has 0 atom stereocenters. The van der Waals surface area contributed by atoms with Crippen LogP contribution < -0.4 is 10.1 Å². The lowest BCUT2D eigenvalue weighted by Crippen LogP contribution is -2.11. The maximum Gasteiger partial charge on any atom is 0.270 e. The number of anilines is 1. The Morgan fingerprint density at radius 1 is 1.35 bits per heavy atom. The molecule has 2 heterocycles. The van der Waals surface area contributed by atoms with E-state index in [1.807, 2.05) is 0 Å². The van der Waals surface area contributed by atoms with Crippen LogP contribution in [0.5, 0.6) is 5.88 Å². The molecule has 1 aromatic carbocycles. The van der Waals surface area contributed by atoms with Crippen LogP contribution in [0.25, 0.3) is 11.0 Å². The first-order chi connectivity index (χ1) is 11.1. The van der Waals surface area contributed by atoms with E-state index in [-0.39, 0.29) is 11.3 Å². The Kier molecular flexibility index (Phi) is 3.63. The number of nitro groups is 1. The Bertz CT molecular complexity index is 886. The fraction of sp³-hybridized carbons (Fsp3) is 0.0667. The summed E-state index contributed by atoms with van der Waals surface area (Å²) in [7, 11) is 1.49. The second kappa shape index (κ2) is 5.76. The van der Waals surface area contributed by atoms with Crippen LogP contribution in [0.2, 0.25) is 0 Å². The highest BCUT2D eigenvalue weighted by molar-refractivity contribution is 6.12. The normalized spacial score (nSPS) is 10.5. The molecule has 1 amide bonds. The number of fused-ring (bicyclic) bond motifs is 1. The van der Waals surface area contributed by atoms with Crippen molar-refractivity contribution >= 4 is 28.3 Å². The third kappa shape index (κ3) is 2.82. The van der Waals surface area contributed by atoms with E-state index < -0.39 is 10.8 Å². The summed E-state index contributed by atoms with van der Waals surface area (Å²) in [5.74, 6) is -0.0244. The first kappa shape index (κ1) is 14.5. The molecular weight excluding hydrogens is 302 g/mol. The van der Waals surface area contributed by atoms with E-state index >= 15 is 0 Å². The van der Waals surface area contributed by atoms with Crippen LogP contribution in [0.4, 0.5) is 11.4 Å². The molecule has 2 aromatic heterocycles. The number of pyridine rings is 1. The van der Waals surface area contributed by atoms with E-state index in [1.54, 1.807) is 12.1 Å². The minimum Gasteiger partial charge on any atom is -0.481 e.